The number of ether oxygens (including phenoxy) is 1. The van der Waals surface area contributed by atoms with E-state index < -0.39 is 0 Å². The summed E-state index contributed by atoms with van der Waals surface area (Å²) in [4.78, 5) is 15.1. The quantitative estimate of drug-likeness (QED) is 0.660. The number of nitrogens with zero attached hydrogens (tertiary/aromatic N) is 1. The van der Waals surface area contributed by atoms with Crippen LogP contribution in [0.3, 0.4) is 0 Å². The maximum absolute atomic E-state index is 11.1. The van der Waals surface area contributed by atoms with Crippen molar-refractivity contribution in [2.75, 3.05) is 5.73 Å². The van der Waals surface area contributed by atoms with Gasteiger partial charge < -0.3 is 10.5 Å². The summed E-state index contributed by atoms with van der Waals surface area (Å²) < 4.78 is 5.50. The molecule has 0 aliphatic rings. The molecule has 2 rings (SSSR count). The highest BCUT2D eigenvalue weighted by molar-refractivity contribution is 5.93. The van der Waals surface area contributed by atoms with Crippen LogP contribution in [0.25, 0.3) is 0 Å². The van der Waals surface area contributed by atoms with Crippen LogP contribution in [0.2, 0.25) is 0 Å². The van der Waals surface area contributed by atoms with Gasteiger partial charge in [0.05, 0.1) is 0 Å². The predicted octanol–water partition coefficient (Wildman–Crippen LogP) is 2.45. The van der Waals surface area contributed by atoms with Crippen LogP contribution in [0.15, 0.2) is 42.6 Å². The number of pyridine rings is 1. The van der Waals surface area contributed by atoms with Gasteiger partial charge in [-0.15, -0.1) is 0 Å². The van der Waals surface area contributed by atoms with Gasteiger partial charge >= 0.3 is 0 Å². The molecule has 1 aromatic heterocycles. The van der Waals surface area contributed by atoms with Crippen LogP contribution in [0.5, 0.6) is 5.88 Å². The molecule has 0 atom stereocenters. The molecular weight excluding hydrogens is 228 g/mol. The van der Waals surface area contributed by atoms with Crippen LogP contribution in [-0.4, -0.2) is 10.8 Å². The predicted molar refractivity (Wildman–Crippen MR) is 69.4 cm³/mol. The molecule has 0 amide bonds. The van der Waals surface area contributed by atoms with E-state index in [9.17, 15) is 4.79 Å². The second kappa shape index (κ2) is 5.31. The van der Waals surface area contributed by atoms with E-state index >= 15 is 0 Å². The third-order valence-electron chi connectivity index (χ3n) is 2.51. The van der Waals surface area contributed by atoms with E-state index in [0.29, 0.717) is 18.1 Å². The zero-order valence-corrected chi connectivity index (χ0v) is 10.1. The SMILES string of the molecule is CC(=O)c1ccc(OCc2ccc(N)cc2)nc1. The number of ketones is 1. The van der Waals surface area contributed by atoms with Crippen molar-refractivity contribution in [3.63, 3.8) is 0 Å². The van der Waals surface area contributed by atoms with Crippen molar-refractivity contribution in [3.8, 4) is 5.88 Å². The Labute approximate surface area is 105 Å². The topological polar surface area (TPSA) is 65.2 Å². The molecule has 0 saturated heterocycles. The summed E-state index contributed by atoms with van der Waals surface area (Å²) in [5, 5.41) is 0. The highest BCUT2D eigenvalue weighted by atomic mass is 16.5. The minimum atomic E-state index is -0.00687. The Balaban J connectivity index is 1.97. The first kappa shape index (κ1) is 12.1. The summed E-state index contributed by atoms with van der Waals surface area (Å²) in [6.07, 6.45) is 1.51. The monoisotopic (exact) mass is 242 g/mol. The average molecular weight is 242 g/mol. The van der Waals surface area contributed by atoms with Crippen molar-refractivity contribution < 1.29 is 9.53 Å². The Morgan fingerprint density at radius 1 is 1.22 bits per heavy atom. The first-order valence-corrected chi connectivity index (χ1v) is 5.59. The summed E-state index contributed by atoms with van der Waals surface area (Å²) in [6, 6.07) is 10.8. The van der Waals surface area contributed by atoms with E-state index in [1.54, 1.807) is 12.1 Å². The van der Waals surface area contributed by atoms with Gasteiger partial charge in [-0.05, 0) is 30.7 Å². The van der Waals surface area contributed by atoms with Gasteiger partial charge in [0, 0.05) is 23.5 Å². The van der Waals surface area contributed by atoms with E-state index in [2.05, 4.69) is 4.98 Å². The Bertz CT molecular complexity index is 533. The number of carbonyl (C=O) groups excluding carboxylic acids is 1. The number of anilines is 1. The number of hydrogen-bond acceptors (Lipinski definition) is 4. The number of Topliss-reactive ketones (excluding diaryl/α,β-unsaturated/α-hetero) is 1. The number of carbonyl (C=O) groups is 1. The molecule has 0 fully saturated rings. The first-order chi connectivity index (χ1) is 8.65. The van der Waals surface area contributed by atoms with Crippen molar-refractivity contribution in [1.29, 1.82) is 0 Å². The summed E-state index contributed by atoms with van der Waals surface area (Å²) >= 11 is 0. The van der Waals surface area contributed by atoms with E-state index in [0.717, 1.165) is 11.3 Å². The lowest BCUT2D eigenvalue weighted by molar-refractivity contribution is 0.101. The lowest BCUT2D eigenvalue weighted by Crippen LogP contribution is -1.99. The summed E-state index contributed by atoms with van der Waals surface area (Å²) in [5.41, 5.74) is 7.91. The van der Waals surface area contributed by atoms with E-state index in [-0.39, 0.29) is 5.78 Å². The molecule has 18 heavy (non-hydrogen) atoms. The molecule has 92 valence electrons. The Morgan fingerprint density at radius 3 is 2.50 bits per heavy atom. The number of nitrogens with two attached hydrogens (primary N) is 1. The minimum Gasteiger partial charge on any atom is -0.473 e. The Kier molecular flexibility index (Phi) is 3.57. The number of benzene rings is 1. The zero-order chi connectivity index (χ0) is 13.0. The lowest BCUT2D eigenvalue weighted by atomic mass is 10.2. The van der Waals surface area contributed by atoms with Gasteiger partial charge in [0.2, 0.25) is 5.88 Å². The molecule has 0 saturated carbocycles. The van der Waals surface area contributed by atoms with Crippen molar-refractivity contribution in [3.05, 3.63) is 53.7 Å². The fourth-order valence-electron chi connectivity index (χ4n) is 1.45. The normalized spacial score (nSPS) is 10.1. The van der Waals surface area contributed by atoms with Gasteiger partial charge in [-0.3, -0.25) is 4.79 Å². The summed E-state index contributed by atoms with van der Waals surface area (Å²) in [7, 11) is 0. The van der Waals surface area contributed by atoms with Crippen LogP contribution in [0.1, 0.15) is 22.8 Å². The van der Waals surface area contributed by atoms with E-state index in [4.69, 9.17) is 10.5 Å². The number of hydrogen-bond donors (Lipinski definition) is 1. The van der Waals surface area contributed by atoms with E-state index in [1.165, 1.54) is 13.1 Å². The number of nitrogen functional groups attached to an aromatic ring is 1. The molecular formula is C14H14N2O2. The number of aromatic nitrogens is 1. The van der Waals surface area contributed by atoms with Crippen LogP contribution in [-0.2, 0) is 6.61 Å². The van der Waals surface area contributed by atoms with Crippen LogP contribution in [0, 0.1) is 0 Å². The molecule has 0 aliphatic carbocycles. The molecule has 2 N–H and O–H groups in total. The van der Waals surface area contributed by atoms with Crippen molar-refractivity contribution in [1.82, 2.24) is 4.98 Å². The van der Waals surface area contributed by atoms with Gasteiger partial charge in [0.1, 0.15) is 6.61 Å². The molecule has 0 radical (unpaired) electrons. The van der Waals surface area contributed by atoms with Gasteiger partial charge in [-0.25, -0.2) is 4.98 Å². The molecule has 1 aromatic carbocycles. The molecule has 4 nitrogen and oxygen atoms in total. The molecule has 4 heteroatoms. The molecule has 0 spiro atoms. The van der Waals surface area contributed by atoms with Gasteiger partial charge in [0.25, 0.3) is 0 Å². The van der Waals surface area contributed by atoms with Crippen molar-refractivity contribution >= 4 is 11.5 Å². The maximum atomic E-state index is 11.1. The second-order valence-electron chi connectivity index (χ2n) is 3.97. The third-order valence-corrected chi connectivity index (χ3v) is 2.51. The van der Waals surface area contributed by atoms with Gasteiger partial charge in [-0.2, -0.15) is 0 Å². The smallest absolute Gasteiger partial charge is 0.213 e. The fraction of sp³-hybridized carbons (Fsp3) is 0.143. The summed E-state index contributed by atoms with van der Waals surface area (Å²) in [5.74, 6) is 0.490. The molecule has 2 aromatic rings. The van der Waals surface area contributed by atoms with Crippen LogP contribution >= 0.6 is 0 Å². The van der Waals surface area contributed by atoms with Gasteiger partial charge in [0.15, 0.2) is 5.78 Å². The van der Waals surface area contributed by atoms with Crippen LogP contribution < -0.4 is 10.5 Å². The first-order valence-electron chi connectivity index (χ1n) is 5.59. The maximum Gasteiger partial charge on any atom is 0.213 e. The van der Waals surface area contributed by atoms with Crippen molar-refractivity contribution in [2.24, 2.45) is 0 Å². The second-order valence-corrected chi connectivity index (χ2v) is 3.97. The number of rotatable bonds is 4. The zero-order valence-electron chi connectivity index (χ0n) is 10.1. The molecule has 0 unspecified atom stereocenters. The Hall–Kier alpha value is -2.36. The summed E-state index contributed by atoms with van der Waals surface area (Å²) in [6.45, 7) is 1.93. The highest BCUT2D eigenvalue weighted by Crippen LogP contribution is 2.12. The Morgan fingerprint density at radius 2 is 1.94 bits per heavy atom. The molecule has 0 bridgehead atoms. The lowest BCUT2D eigenvalue weighted by Gasteiger charge is -2.05. The van der Waals surface area contributed by atoms with Crippen molar-refractivity contribution in [2.45, 2.75) is 13.5 Å². The largest absolute Gasteiger partial charge is 0.473 e. The standard InChI is InChI=1S/C14H14N2O2/c1-10(17)12-4-7-14(16-8-12)18-9-11-2-5-13(15)6-3-11/h2-8H,9,15H2,1H3. The molecule has 0 aliphatic heterocycles. The third kappa shape index (κ3) is 3.07. The average Bonchev–Trinajstić information content (AvgIpc) is 2.38. The van der Waals surface area contributed by atoms with E-state index in [1.807, 2.05) is 24.3 Å². The van der Waals surface area contributed by atoms with Gasteiger partial charge in [-0.1, -0.05) is 12.1 Å². The van der Waals surface area contributed by atoms with Crippen LogP contribution in [0.4, 0.5) is 5.69 Å². The highest BCUT2D eigenvalue weighted by Gasteiger charge is 2.01. The molecule has 1 heterocycles. The fourth-order valence-corrected chi connectivity index (χ4v) is 1.45. The minimum absolute atomic E-state index is 0.00687.